The van der Waals surface area contributed by atoms with Gasteiger partial charge in [0.05, 0.1) is 17.3 Å². The fourth-order valence-corrected chi connectivity index (χ4v) is 4.18. The highest BCUT2D eigenvalue weighted by molar-refractivity contribution is 7.80. The number of carbonyl (C=O) groups is 2. The molecule has 3 aromatic rings. The van der Waals surface area contributed by atoms with Gasteiger partial charge < -0.3 is 14.5 Å². The van der Waals surface area contributed by atoms with Crippen LogP contribution in [0.2, 0.25) is 10.0 Å². The Morgan fingerprint density at radius 1 is 1.28 bits per heavy atom. The molecule has 0 spiro atoms. The fourth-order valence-electron chi connectivity index (χ4n) is 2.55. The number of esters is 1. The van der Waals surface area contributed by atoms with E-state index in [0.717, 1.165) is 11.3 Å². The number of furan rings is 1. The summed E-state index contributed by atoms with van der Waals surface area (Å²) in [4.78, 5) is 28.6. The predicted octanol–water partition coefficient (Wildman–Crippen LogP) is 5.72. The van der Waals surface area contributed by atoms with Crippen molar-refractivity contribution >= 4 is 75.0 Å². The van der Waals surface area contributed by atoms with Gasteiger partial charge >= 0.3 is 5.97 Å². The standard InChI is InChI=1S/C21H17Cl2N3O4S2/c1-3-29-19(28)18-11(2)24-21(32-18)26-20(31)25-17(27)9-6-13-5-8-16(30-13)14-7-4-12(22)10-15(14)23/h4-10H,3H2,1-2H3,(H2,24,25,26,27,31)/b9-6+. The minimum Gasteiger partial charge on any atom is -0.462 e. The number of nitrogens with zero attached hydrogens (tertiary/aromatic N) is 1. The van der Waals surface area contributed by atoms with Crippen LogP contribution >= 0.6 is 46.8 Å². The number of thiazole rings is 1. The van der Waals surface area contributed by atoms with Gasteiger partial charge in [0.25, 0.3) is 0 Å². The highest BCUT2D eigenvalue weighted by Crippen LogP contribution is 2.31. The van der Waals surface area contributed by atoms with Crippen LogP contribution < -0.4 is 10.6 Å². The number of ether oxygens (including phenoxy) is 1. The van der Waals surface area contributed by atoms with Crippen molar-refractivity contribution in [3.05, 3.63) is 62.8 Å². The average molecular weight is 510 g/mol. The monoisotopic (exact) mass is 509 g/mol. The van der Waals surface area contributed by atoms with Crippen LogP contribution in [0.25, 0.3) is 17.4 Å². The molecule has 32 heavy (non-hydrogen) atoms. The molecule has 3 rings (SSSR count). The molecule has 2 N–H and O–H groups in total. The SMILES string of the molecule is CCOC(=O)c1sc(NC(=S)NC(=O)/C=C/c2ccc(-c3ccc(Cl)cc3Cl)o2)nc1C. The van der Waals surface area contributed by atoms with Gasteiger partial charge in [0, 0.05) is 16.7 Å². The minimum absolute atomic E-state index is 0.0388. The second kappa shape index (κ2) is 10.7. The zero-order valence-corrected chi connectivity index (χ0v) is 20.0. The van der Waals surface area contributed by atoms with Crippen LogP contribution in [-0.2, 0) is 9.53 Å². The van der Waals surface area contributed by atoms with Crippen LogP contribution in [0.5, 0.6) is 0 Å². The number of anilines is 1. The van der Waals surface area contributed by atoms with E-state index >= 15 is 0 Å². The Morgan fingerprint density at radius 3 is 2.78 bits per heavy atom. The molecule has 0 bridgehead atoms. The number of aromatic nitrogens is 1. The summed E-state index contributed by atoms with van der Waals surface area (Å²) in [6.45, 7) is 3.68. The topological polar surface area (TPSA) is 93.5 Å². The van der Waals surface area contributed by atoms with Crippen molar-refractivity contribution < 1.29 is 18.7 Å². The molecule has 0 aliphatic carbocycles. The van der Waals surface area contributed by atoms with Crippen molar-refractivity contribution in [2.45, 2.75) is 13.8 Å². The minimum atomic E-state index is -0.469. The van der Waals surface area contributed by atoms with Crippen LogP contribution in [-0.4, -0.2) is 28.6 Å². The summed E-state index contributed by atoms with van der Waals surface area (Å²) >= 11 is 18.3. The van der Waals surface area contributed by atoms with E-state index in [1.54, 1.807) is 44.2 Å². The number of amides is 1. The molecule has 0 saturated heterocycles. The Labute approximate surface area is 203 Å². The third-order valence-corrected chi connectivity index (χ3v) is 5.74. The van der Waals surface area contributed by atoms with Crippen molar-refractivity contribution in [3.63, 3.8) is 0 Å². The van der Waals surface area contributed by atoms with E-state index in [-0.39, 0.29) is 11.7 Å². The Hall–Kier alpha value is -2.72. The number of nitrogens with one attached hydrogen (secondary N) is 2. The Morgan fingerprint density at radius 2 is 2.06 bits per heavy atom. The second-order valence-electron chi connectivity index (χ2n) is 6.26. The number of thiocarbonyl (C=S) groups is 1. The van der Waals surface area contributed by atoms with Gasteiger partial charge in [-0.2, -0.15) is 0 Å². The zero-order chi connectivity index (χ0) is 23.3. The van der Waals surface area contributed by atoms with Crippen LogP contribution in [0.4, 0.5) is 5.13 Å². The van der Waals surface area contributed by atoms with E-state index in [0.29, 0.717) is 42.8 Å². The van der Waals surface area contributed by atoms with E-state index < -0.39 is 11.9 Å². The van der Waals surface area contributed by atoms with E-state index in [2.05, 4.69) is 15.6 Å². The second-order valence-corrected chi connectivity index (χ2v) is 8.51. The van der Waals surface area contributed by atoms with Gasteiger partial charge in [0.1, 0.15) is 16.4 Å². The Kier molecular flexibility index (Phi) is 8.03. The maximum Gasteiger partial charge on any atom is 0.350 e. The molecule has 0 atom stereocenters. The molecule has 1 amide bonds. The van der Waals surface area contributed by atoms with Crippen LogP contribution in [0.3, 0.4) is 0 Å². The van der Waals surface area contributed by atoms with Crippen molar-refractivity contribution in [2.75, 3.05) is 11.9 Å². The Bertz CT molecular complexity index is 1200. The fraction of sp³-hybridized carbons (Fsp3) is 0.143. The van der Waals surface area contributed by atoms with Crippen molar-refractivity contribution in [2.24, 2.45) is 0 Å². The van der Waals surface area contributed by atoms with Gasteiger partial charge in [0.15, 0.2) is 10.2 Å². The molecule has 166 valence electrons. The highest BCUT2D eigenvalue weighted by atomic mass is 35.5. The lowest BCUT2D eigenvalue weighted by atomic mass is 10.2. The highest BCUT2D eigenvalue weighted by Gasteiger charge is 2.17. The predicted molar refractivity (Wildman–Crippen MR) is 130 cm³/mol. The summed E-state index contributed by atoms with van der Waals surface area (Å²) in [5, 5.41) is 6.68. The number of hydrogen-bond acceptors (Lipinski definition) is 7. The van der Waals surface area contributed by atoms with Crippen LogP contribution in [0.1, 0.15) is 28.0 Å². The molecule has 0 aliphatic rings. The number of hydrogen-bond donors (Lipinski definition) is 2. The molecule has 2 heterocycles. The van der Waals surface area contributed by atoms with E-state index in [1.165, 1.54) is 12.2 Å². The maximum absolute atomic E-state index is 12.2. The van der Waals surface area contributed by atoms with Crippen molar-refractivity contribution in [1.82, 2.24) is 10.3 Å². The first kappa shape index (κ1) is 23.9. The van der Waals surface area contributed by atoms with Gasteiger partial charge in [-0.25, -0.2) is 9.78 Å². The molecule has 0 unspecified atom stereocenters. The molecular formula is C21H17Cl2N3O4S2. The summed E-state index contributed by atoms with van der Waals surface area (Å²) in [5.41, 5.74) is 1.20. The lowest BCUT2D eigenvalue weighted by Crippen LogP contribution is -2.32. The summed E-state index contributed by atoms with van der Waals surface area (Å²) < 4.78 is 10.7. The van der Waals surface area contributed by atoms with Gasteiger partial charge in [-0.15, -0.1) is 0 Å². The maximum atomic E-state index is 12.2. The molecular weight excluding hydrogens is 493 g/mol. The number of carbonyl (C=O) groups excluding carboxylic acids is 2. The lowest BCUT2D eigenvalue weighted by molar-refractivity contribution is -0.115. The molecule has 11 heteroatoms. The van der Waals surface area contributed by atoms with Gasteiger partial charge in [-0.05, 0) is 62.5 Å². The average Bonchev–Trinajstić information content (AvgIpc) is 3.33. The zero-order valence-electron chi connectivity index (χ0n) is 16.9. The molecule has 0 radical (unpaired) electrons. The lowest BCUT2D eigenvalue weighted by Gasteiger charge is -2.04. The summed E-state index contributed by atoms with van der Waals surface area (Å²) in [6, 6.07) is 8.53. The summed E-state index contributed by atoms with van der Waals surface area (Å²) in [7, 11) is 0. The first-order valence-corrected chi connectivity index (χ1v) is 11.2. The molecule has 1 aromatic carbocycles. The first-order valence-electron chi connectivity index (χ1n) is 9.26. The van der Waals surface area contributed by atoms with Gasteiger partial charge in [-0.3, -0.25) is 10.1 Å². The van der Waals surface area contributed by atoms with E-state index in [9.17, 15) is 9.59 Å². The molecule has 2 aromatic heterocycles. The summed E-state index contributed by atoms with van der Waals surface area (Å²) in [5.74, 6) is 0.0742. The first-order chi connectivity index (χ1) is 15.3. The quantitative estimate of drug-likeness (QED) is 0.249. The normalized spacial score (nSPS) is 10.9. The van der Waals surface area contributed by atoms with Gasteiger partial charge in [0.2, 0.25) is 5.91 Å². The van der Waals surface area contributed by atoms with Crippen molar-refractivity contribution in [3.8, 4) is 11.3 Å². The number of aryl methyl sites for hydroxylation is 1. The van der Waals surface area contributed by atoms with E-state index in [4.69, 9.17) is 44.6 Å². The number of rotatable bonds is 6. The molecule has 0 aliphatic heterocycles. The third kappa shape index (κ3) is 6.17. The molecule has 7 nitrogen and oxygen atoms in total. The van der Waals surface area contributed by atoms with Gasteiger partial charge in [-0.1, -0.05) is 34.5 Å². The van der Waals surface area contributed by atoms with Crippen LogP contribution in [0, 0.1) is 6.92 Å². The van der Waals surface area contributed by atoms with E-state index in [1.807, 2.05) is 0 Å². The third-order valence-electron chi connectivity index (χ3n) is 3.94. The van der Waals surface area contributed by atoms with Crippen LogP contribution in [0.15, 0.2) is 40.8 Å². The van der Waals surface area contributed by atoms with Crippen molar-refractivity contribution in [1.29, 1.82) is 0 Å². The smallest absolute Gasteiger partial charge is 0.350 e. The summed E-state index contributed by atoms with van der Waals surface area (Å²) in [6.07, 6.45) is 2.77. The number of halogens is 2. The molecule has 0 fully saturated rings. The molecule has 0 saturated carbocycles. The largest absolute Gasteiger partial charge is 0.462 e. The number of benzene rings is 1. The Balaban J connectivity index is 1.58.